The van der Waals surface area contributed by atoms with Gasteiger partial charge in [0.2, 0.25) is 0 Å². The third-order valence-corrected chi connectivity index (χ3v) is 3.86. The molecule has 3 N–H and O–H groups in total. The number of hydrogen-bond acceptors (Lipinski definition) is 7. The van der Waals surface area contributed by atoms with Gasteiger partial charge in [0.1, 0.15) is 5.82 Å². The van der Waals surface area contributed by atoms with Gasteiger partial charge in [-0.1, -0.05) is 18.1 Å². The number of rotatable bonds is 4. The van der Waals surface area contributed by atoms with Gasteiger partial charge in [-0.15, -0.1) is 4.31 Å². The number of alkyl halides is 3. The fourth-order valence-electron chi connectivity index (χ4n) is 1.95. The van der Waals surface area contributed by atoms with E-state index in [1.165, 1.54) is 38.3 Å². The van der Waals surface area contributed by atoms with E-state index in [4.69, 9.17) is 9.88 Å². The van der Waals surface area contributed by atoms with Crippen molar-refractivity contribution >= 4 is 27.9 Å². The van der Waals surface area contributed by atoms with Gasteiger partial charge < -0.3 is 10.1 Å². The summed E-state index contributed by atoms with van der Waals surface area (Å²) in [7, 11) is -3.53. The maximum Gasteiger partial charge on any atom is 0.458 e. The molecule has 14 heteroatoms. The number of nitrogens with one attached hydrogen (secondary N) is 1. The van der Waals surface area contributed by atoms with Crippen LogP contribution in [-0.2, 0) is 10.2 Å². The molecule has 0 aliphatic rings. The van der Waals surface area contributed by atoms with Crippen LogP contribution in [0.1, 0.15) is 11.4 Å². The Hall–Kier alpha value is -3.44. The van der Waals surface area contributed by atoms with Crippen molar-refractivity contribution in [2.45, 2.75) is 13.1 Å². The van der Waals surface area contributed by atoms with Crippen LogP contribution in [0, 0.1) is 18.8 Å². The molecule has 0 aliphatic carbocycles. The molecule has 0 unspecified atom stereocenters. The topological polar surface area (TPSA) is 140 Å². The molecule has 2 amide bonds. The lowest BCUT2D eigenvalue weighted by atomic mass is 10.2. The van der Waals surface area contributed by atoms with Gasteiger partial charge in [-0.25, -0.2) is 9.93 Å². The van der Waals surface area contributed by atoms with Crippen molar-refractivity contribution in [1.82, 2.24) is 15.0 Å². The van der Waals surface area contributed by atoms with E-state index in [0.29, 0.717) is 0 Å². The molecule has 1 heterocycles. The lowest BCUT2D eigenvalue weighted by Gasteiger charge is -2.19. The minimum Gasteiger partial charge on any atom is -0.467 e. The average Bonchev–Trinajstić information content (AvgIpc) is 2.58. The van der Waals surface area contributed by atoms with Crippen molar-refractivity contribution in [2.24, 2.45) is 5.14 Å². The van der Waals surface area contributed by atoms with Gasteiger partial charge in [-0.2, -0.15) is 36.5 Å². The van der Waals surface area contributed by atoms with Crippen LogP contribution in [0.25, 0.3) is 0 Å². The summed E-state index contributed by atoms with van der Waals surface area (Å²) in [6, 6.07) is 3.55. The standard InChI is InChI=1S/C15H13F3N6O4S/c1-9-20-12(23-13(21-9)28-2)24(29(19,26)27)14(25)22-11-6-4-3-5-10(11)7-8-15(16,17)18/h3-6H,1-2H3,(H,22,25)(H2,19,26,27). The number of anilines is 2. The van der Waals surface area contributed by atoms with Gasteiger partial charge >= 0.3 is 28.4 Å². The minimum absolute atomic E-state index is 0.0121. The quantitative estimate of drug-likeness (QED) is 0.698. The molecule has 0 bridgehead atoms. The number of benzene rings is 1. The number of para-hydroxylation sites is 1. The van der Waals surface area contributed by atoms with Crippen molar-refractivity contribution in [1.29, 1.82) is 0 Å². The third-order valence-electron chi connectivity index (χ3n) is 3.03. The van der Waals surface area contributed by atoms with Crippen LogP contribution in [0.15, 0.2) is 24.3 Å². The zero-order chi connectivity index (χ0) is 21.8. The molecule has 1 aromatic heterocycles. The first-order chi connectivity index (χ1) is 13.4. The summed E-state index contributed by atoms with van der Waals surface area (Å²) in [5, 5.41) is 7.21. The number of carbonyl (C=O) groups is 1. The molecule has 0 spiro atoms. The van der Waals surface area contributed by atoms with E-state index >= 15 is 0 Å². The Balaban J connectivity index is 2.46. The first-order valence-electron chi connectivity index (χ1n) is 7.50. The van der Waals surface area contributed by atoms with Gasteiger partial charge in [0.05, 0.1) is 12.8 Å². The van der Waals surface area contributed by atoms with Gasteiger partial charge in [0.25, 0.3) is 5.95 Å². The molecule has 2 rings (SSSR count). The van der Waals surface area contributed by atoms with E-state index in [-0.39, 0.29) is 27.4 Å². The van der Waals surface area contributed by atoms with Crippen LogP contribution >= 0.6 is 0 Å². The molecule has 2 aromatic rings. The van der Waals surface area contributed by atoms with Gasteiger partial charge in [-0.3, -0.25) is 0 Å². The molecule has 0 radical (unpaired) electrons. The summed E-state index contributed by atoms with van der Waals surface area (Å²) in [5.74, 6) is 2.26. The van der Waals surface area contributed by atoms with E-state index in [1.807, 2.05) is 5.92 Å². The Labute approximate surface area is 163 Å². The van der Waals surface area contributed by atoms with Crippen LogP contribution in [-0.4, -0.2) is 42.7 Å². The zero-order valence-corrected chi connectivity index (χ0v) is 15.7. The Morgan fingerprint density at radius 2 is 1.90 bits per heavy atom. The fourth-order valence-corrected chi connectivity index (χ4v) is 2.54. The number of aromatic nitrogens is 3. The highest BCUT2D eigenvalue weighted by atomic mass is 32.2. The van der Waals surface area contributed by atoms with Gasteiger partial charge in [-0.05, 0) is 19.1 Å². The second-order valence-corrected chi connectivity index (χ2v) is 6.60. The van der Waals surface area contributed by atoms with Crippen LogP contribution in [0.3, 0.4) is 0 Å². The molecule has 0 aliphatic heterocycles. The molecule has 1 aromatic carbocycles. The SMILES string of the molecule is COc1nc(C)nc(N(C(=O)Nc2ccccc2C#CC(F)(F)F)S(N)(=O)=O)n1. The molecule has 10 nitrogen and oxygen atoms in total. The number of nitrogens with two attached hydrogens (primary N) is 1. The number of amides is 2. The van der Waals surface area contributed by atoms with Gasteiger partial charge in [0.15, 0.2) is 0 Å². The Morgan fingerprint density at radius 1 is 1.24 bits per heavy atom. The maximum atomic E-state index is 12.6. The monoisotopic (exact) mass is 430 g/mol. The highest BCUT2D eigenvalue weighted by Gasteiger charge is 2.30. The van der Waals surface area contributed by atoms with Crippen LogP contribution in [0.4, 0.5) is 29.6 Å². The van der Waals surface area contributed by atoms with E-state index in [2.05, 4.69) is 20.3 Å². The normalized spacial score (nSPS) is 11.2. The molecule has 0 fully saturated rings. The number of carbonyl (C=O) groups excluding carboxylic acids is 1. The van der Waals surface area contributed by atoms with Gasteiger partial charge in [0, 0.05) is 11.5 Å². The Bertz CT molecular complexity index is 1100. The van der Waals surface area contributed by atoms with E-state index in [9.17, 15) is 26.4 Å². The van der Waals surface area contributed by atoms with Crippen molar-refractivity contribution < 1.29 is 31.1 Å². The predicted octanol–water partition coefficient (Wildman–Crippen LogP) is 1.34. The summed E-state index contributed by atoms with van der Waals surface area (Å²) >= 11 is 0. The largest absolute Gasteiger partial charge is 0.467 e. The van der Waals surface area contributed by atoms with Crippen LogP contribution in [0.5, 0.6) is 6.01 Å². The summed E-state index contributed by atoms with van der Waals surface area (Å²) in [5.41, 5.74) is -0.405. The number of aryl methyl sites for hydroxylation is 1. The molecular weight excluding hydrogens is 417 g/mol. The predicted molar refractivity (Wildman–Crippen MR) is 95.1 cm³/mol. The number of ether oxygens (including phenoxy) is 1. The lowest BCUT2D eigenvalue weighted by Crippen LogP contribution is -2.45. The summed E-state index contributed by atoms with van der Waals surface area (Å²) in [6.07, 6.45) is -4.76. The van der Waals surface area contributed by atoms with Crippen molar-refractivity contribution in [3.8, 4) is 17.9 Å². The highest BCUT2D eigenvalue weighted by Crippen LogP contribution is 2.20. The maximum absolute atomic E-state index is 12.6. The second-order valence-electron chi connectivity index (χ2n) is 5.20. The number of halogens is 3. The molecular formula is C15H13F3N6O4S. The molecule has 0 atom stereocenters. The first-order valence-corrected chi connectivity index (χ1v) is 9.00. The number of hydrogen-bond donors (Lipinski definition) is 2. The summed E-state index contributed by atoms with van der Waals surface area (Å²) < 4.78 is 65.7. The molecule has 154 valence electrons. The first kappa shape index (κ1) is 21.9. The van der Waals surface area contributed by atoms with E-state index < -0.39 is 28.4 Å². The highest BCUT2D eigenvalue weighted by molar-refractivity contribution is 7.91. The molecule has 0 saturated heterocycles. The number of urea groups is 1. The lowest BCUT2D eigenvalue weighted by molar-refractivity contribution is -0.0696. The Kier molecular flexibility index (Phi) is 6.25. The van der Waals surface area contributed by atoms with Crippen LogP contribution in [0.2, 0.25) is 0 Å². The molecule has 29 heavy (non-hydrogen) atoms. The second kappa shape index (κ2) is 8.29. The number of methoxy groups -OCH3 is 1. The zero-order valence-electron chi connectivity index (χ0n) is 14.9. The smallest absolute Gasteiger partial charge is 0.458 e. The Morgan fingerprint density at radius 3 is 2.48 bits per heavy atom. The number of nitrogens with zero attached hydrogens (tertiary/aromatic N) is 4. The van der Waals surface area contributed by atoms with Crippen molar-refractivity contribution in [3.63, 3.8) is 0 Å². The molecule has 0 saturated carbocycles. The summed E-state index contributed by atoms with van der Waals surface area (Å²) in [6.45, 7) is 1.38. The van der Waals surface area contributed by atoms with E-state index in [1.54, 1.807) is 0 Å². The van der Waals surface area contributed by atoms with E-state index in [0.717, 1.165) is 5.92 Å². The minimum atomic E-state index is -4.76. The third kappa shape index (κ3) is 6.02. The van der Waals surface area contributed by atoms with Crippen LogP contribution < -0.4 is 19.5 Å². The van der Waals surface area contributed by atoms with Crippen molar-refractivity contribution in [3.05, 3.63) is 35.7 Å². The van der Waals surface area contributed by atoms with Crippen molar-refractivity contribution in [2.75, 3.05) is 16.7 Å². The fraction of sp³-hybridized carbons (Fsp3) is 0.200. The summed E-state index contributed by atoms with van der Waals surface area (Å²) in [4.78, 5) is 23.7. The average molecular weight is 430 g/mol.